The highest BCUT2D eigenvalue weighted by atomic mass is 32.1. The molecule has 0 aliphatic carbocycles. The fraction of sp³-hybridized carbons (Fsp3) is 0.353. The summed E-state index contributed by atoms with van der Waals surface area (Å²) in [6, 6.07) is 4.11. The number of nitrogens with one attached hydrogen (secondary N) is 1. The summed E-state index contributed by atoms with van der Waals surface area (Å²) >= 11 is 1.57. The van der Waals surface area contributed by atoms with Crippen molar-refractivity contribution in [2.45, 2.75) is 25.7 Å². The molecule has 0 saturated heterocycles. The Bertz CT molecular complexity index is 790. The smallest absolute Gasteiger partial charge is 0.230 e. The van der Waals surface area contributed by atoms with Crippen LogP contribution >= 0.6 is 11.3 Å². The van der Waals surface area contributed by atoms with Crippen LogP contribution in [-0.2, 0) is 16.0 Å². The molecule has 2 amide bonds. The number of hydrogen-bond donors (Lipinski definition) is 1. The summed E-state index contributed by atoms with van der Waals surface area (Å²) in [6.45, 7) is 2.47. The number of halogens is 1. The van der Waals surface area contributed by atoms with Gasteiger partial charge < -0.3 is 10.2 Å². The first-order valence-corrected chi connectivity index (χ1v) is 8.57. The lowest BCUT2D eigenvalue weighted by Crippen LogP contribution is -2.37. The number of carbonyl (C=O) groups is 2. The van der Waals surface area contributed by atoms with Crippen molar-refractivity contribution in [3.05, 3.63) is 45.7 Å². The summed E-state index contributed by atoms with van der Waals surface area (Å²) in [5.41, 5.74) is 3.82. The molecule has 24 heavy (non-hydrogen) atoms. The number of nitrogens with zero attached hydrogens (tertiary/aromatic N) is 2. The van der Waals surface area contributed by atoms with Gasteiger partial charge in [0.05, 0.1) is 17.1 Å². The number of benzene rings is 1. The van der Waals surface area contributed by atoms with Crippen LogP contribution in [0.2, 0.25) is 0 Å². The Kier molecular flexibility index (Phi) is 4.62. The second-order valence-corrected chi connectivity index (χ2v) is 6.85. The third-order valence-corrected chi connectivity index (χ3v) is 5.24. The van der Waals surface area contributed by atoms with Crippen LogP contribution < -0.4 is 5.32 Å². The summed E-state index contributed by atoms with van der Waals surface area (Å²) < 4.78 is 13.6. The van der Waals surface area contributed by atoms with E-state index in [1.165, 1.54) is 18.2 Å². The Morgan fingerprint density at radius 2 is 2.29 bits per heavy atom. The normalized spacial score (nSPS) is 16.5. The number of anilines is 1. The van der Waals surface area contributed by atoms with Crippen LogP contribution in [0.3, 0.4) is 0 Å². The zero-order valence-corrected chi connectivity index (χ0v) is 14.3. The van der Waals surface area contributed by atoms with Crippen molar-refractivity contribution in [2.75, 3.05) is 18.9 Å². The van der Waals surface area contributed by atoms with Crippen molar-refractivity contribution in [3.8, 4) is 0 Å². The van der Waals surface area contributed by atoms with E-state index in [0.717, 1.165) is 10.6 Å². The predicted molar refractivity (Wildman–Crippen MR) is 90.6 cm³/mol. The van der Waals surface area contributed by atoms with Gasteiger partial charge in [0, 0.05) is 37.0 Å². The first kappa shape index (κ1) is 16.6. The molecule has 3 rings (SSSR count). The molecule has 1 N–H and O–H groups in total. The Morgan fingerprint density at radius 1 is 1.50 bits per heavy atom. The predicted octanol–water partition coefficient (Wildman–Crippen LogP) is 2.72. The number of likely N-dealkylation sites (N-methyl/N-ethyl adjacent to an activating group) is 1. The molecule has 1 aliphatic rings. The molecule has 0 spiro atoms. The number of amides is 2. The van der Waals surface area contributed by atoms with E-state index in [2.05, 4.69) is 10.3 Å². The summed E-state index contributed by atoms with van der Waals surface area (Å²) in [5, 5.41) is 2.69. The van der Waals surface area contributed by atoms with Crippen LogP contribution in [0.15, 0.2) is 23.7 Å². The molecule has 0 bridgehead atoms. The highest BCUT2D eigenvalue weighted by molar-refractivity contribution is 7.09. The Morgan fingerprint density at radius 3 is 3.00 bits per heavy atom. The minimum absolute atomic E-state index is 0.0409. The zero-order valence-electron chi connectivity index (χ0n) is 13.5. The van der Waals surface area contributed by atoms with Crippen LogP contribution in [0.25, 0.3) is 0 Å². The third-order valence-electron chi connectivity index (χ3n) is 4.25. The summed E-state index contributed by atoms with van der Waals surface area (Å²) in [5.74, 6) is -1.44. The van der Waals surface area contributed by atoms with Gasteiger partial charge in [0.2, 0.25) is 11.8 Å². The Hall–Kier alpha value is -2.28. The van der Waals surface area contributed by atoms with Gasteiger partial charge in [-0.2, -0.15) is 0 Å². The fourth-order valence-electron chi connectivity index (χ4n) is 2.86. The van der Waals surface area contributed by atoms with Crippen molar-refractivity contribution >= 4 is 28.8 Å². The zero-order chi connectivity index (χ0) is 17.3. The van der Waals surface area contributed by atoms with Crippen LogP contribution in [0, 0.1) is 12.7 Å². The monoisotopic (exact) mass is 347 g/mol. The average Bonchev–Trinajstić information content (AvgIpc) is 2.96. The lowest BCUT2D eigenvalue weighted by atomic mass is 9.89. The summed E-state index contributed by atoms with van der Waals surface area (Å²) in [7, 11) is 1.71. The van der Waals surface area contributed by atoms with Crippen molar-refractivity contribution in [2.24, 2.45) is 0 Å². The fourth-order valence-corrected chi connectivity index (χ4v) is 3.63. The molecule has 1 aromatic heterocycles. The number of hydrogen-bond acceptors (Lipinski definition) is 4. The SMILES string of the molecule is Cc1ncsc1CCN(C)C(=O)[C@@H]1CC(=O)Nc2ccc(F)cc21. The van der Waals surface area contributed by atoms with E-state index in [1.807, 2.05) is 6.92 Å². The van der Waals surface area contributed by atoms with Crippen molar-refractivity contribution in [1.82, 2.24) is 9.88 Å². The number of rotatable bonds is 4. The lowest BCUT2D eigenvalue weighted by Gasteiger charge is -2.28. The molecule has 1 aromatic carbocycles. The molecule has 0 unspecified atom stereocenters. The lowest BCUT2D eigenvalue weighted by molar-refractivity contribution is -0.133. The maximum Gasteiger partial charge on any atom is 0.230 e. The van der Waals surface area contributed by atoms with E-state index in [9.17, 15) is 14.0 Å². The van der Waals surface area contributed by atoms with Crippen molar-refractivity contribution in [1.29, 1.82) is 0 Å². The molecule has 0 saturated carbocycles. The molecule has 0 fully saturated rings. The molecule has 0 radical (unpaired) electrons. The minimum atomic E-state index is -0.642. The number of fused-ring (bicyclic) bond motifs is 1. The molecular weight excluding hydrogens is 329 g/mol. The standard InChI is InChI=1S/C17H18FN3O2S/c1-10-15(24-9-19-10)5-6-21(2)17(23)13-8-16(22)20-14-4-3-11(18)7-12(13)14/h3-4,7,9,13H,5-6,8H2,1-2H3,(H,20,22)/t13-/m1/s1. The van der Waals surface area contributed by atoms with Gasteiger partial charge in [0.25, 0.3) is 0 Å². The first-order chi connectivity index (χ1) is 11.5. The largest absolute Gasteiger partial charge is 0.345 e. The molecular formula is C17H18FN3O2S. The van der Waals surface area contributed by atoms with E-state index in [-0.39, 0.29) is 18.2 Å². The molecule has 2 aromatic rings. The second kappa shape index (κ2) is 6.68. The second-order valence-electron chi connectivity index (χ2n) is 5.91. The van der Waals surface area contributed by atoms with Gasteiger partial charge in [0.1, 0.15) is 5.82 Å². The summed E-state index contributed by atoms with van der Waals surface area (Å²) in [4.78, 5) is 31.6. The van der Waals surface area contributed by atoms with E-state index >= 15 is 0 Å². The van der Waals surface area contributed by atoms with Crippen LogP contribution in [0.5, 0.6) is 0 Å². The maximum absolute atomic E-state index is 13.6. The van der Waals surface area contributed by atoms with E-state index in [0.29, 0.717) is 24.2 Å². The topological polar surface area (TPSA) is 62.3 Å². The molecule has 5 nitrogen and oxygen atoms in total. The highest BCUT2D eigenvalue weighted by Crippen LogP contribution is 2.34. The van der Waals surface area contributed by atoms with E-state index in [1.54, 1.807) is 28.8 Å². The first-order valence-electron chi connectivity index (χ1n) is 7.69. The van der Waals surface area contributed by atoms with Gasteiger partial charge in [-0.05, 0) is 30.7 Å². The van der Waals surface area contributed by atoms with E-state index < -0.39 is 11.7 Å². The number of aryl methyl sites for hydroxylation is 1. The molecule has 1 aliphatic heterocycles. The van der Waals surface area contributed by atoms with Crippen LogP contribution in [-0.4, -0.2) is 35.3 Å². The van der Waals surface area contributed by atoms with Crippen molar-refractivity contribution < 1.29 is 14.0 Å². The van der Waals surface area contributed by atoms with Gasteiger partial charge in [-0.3, -0.25) is 9.59 Å². The molecule has 1 atom stereocenters. The van der Waals surface area contributed by atoms with Gasteiger partial charge >= 0.3 is 0 Å². The number of aromatic nitrogens is 1. The highest BCUT2D eigenvalue weighted by Gasteiger charge is 2.32. The quantitative estimate of drug-likeness (QED) is 0.925. The Balaban J connectivity index is 1.75. The van der Waals surface area contributed by atoms with Crippen molar-refractivity contribution in [3.63, 3.8) is 0 Å². The van der Waals surface area contributed by atoms with Gasteiger partial charge in [-0.15, -0.1) is 11.3 Å². The number of thiazole rings is 1. The van der Waals surface area contributed by atoms with Crippen LogP contribution in [0.1, 0.15) is 28.5 Å². The van der Waals surface area contributed by atoms with Gasteiger partial charge in [-0.25, -0.2) is 9.37 Å². The Labute approximate surface area is 143 Å². The van der Waals surface area contributed by atoms with Gasteiger partial charge in [-0.1, -0.05) is 0 Å². The minimum Gasteiger partial charge on any atom is -0.345 e. The average molecular weight is 347 g/mol. The van der Waals surface area contributed by atoms with Crippen LogP contribution in [0.4, 0.5) is 10.1 Å². The summed E-state index contributed by atoms with van der Waals surface area (Å²) in [6.07, 6.45) is 0.757. The molecule has 7 heteroatoms. The number of carbonyl (C=O) groups excluding carboxylic acids is 2. The maximum atomic E-state index is 13.6. The third kappa shape index (κ3) is 3.31. The molecule has 126 valence electrons. The van der Waals surface area contributed by atoms with Gasteiger partial charge in [0.15, 0.2) is 0 Å². The van der Waals surface area contributed by atoms with E-state index in [4.69, 9.17) is 0 Å². The molecule has 2 heterocycles.